The van der Waals surface area contributed by atoms with Gasteiger partial charge in [0.1, 0.15) is 0 Å². The van der Waals surface area contributed by atoms with Crippen molar-refractivity contribution in [2.45, 2.75) is 39.3 Å². The van der Waals surface area contributed by atoms with Crippen LogP contribution in [0.15, 0.2) is 16.7 Å². The fraction of sp³-hybridized carbons (Fsp3) is 0.615. The molecule has 2 rings (SSSR count). The second kappa shape index (κ2) is 5.35. The van der Waals surface area contributed by atoms with E-state index in [0.29, 0.717) is 17.3 Å². The number of ether oxygens (including phenoxy) is 1. The molecular formula is C13H18BrClN2O. The molecule has 0 radical (unpaired) electrons. The highest BCUT2D eigenvalue weighted by Gasteiger charge is 2.49. The van der Waals surface area contributed by atoms with Crippen LogP contribution in [0.5, 0.6) is 0 Å². The molecule has 1 N–H and O–H groups in total. The Morgan fingerprint density at radius 1 is 1.61 bits per heavy atom. The molecule has 0 aliphatic heterocycles. The quantitative estimate of drug-likeness (QED) is 0.842. The molecule has 1 heterocycles. The summed E-state index contributed by atoms with van der Waals surface area (Å²) in [4.78, 5) is 4.12. The van der Waals surface area contributed by atoms with Crippen LogP contribution >= 0.6 is 27.5 Å². The van der Waals surface area contributed by atoms with Gasteiger partial charge in [0.25, 0.3) is 0 Å². The predicted octanol–water partition coefficient (Wildman–Crippen LogP) is 4.11. The number of nitrogens with one attached hydrogen (secondary N) is 1. The van der Waals surface area contributed by atoms with Crippen molar-refractivity contribution in [3.8, 4) is 0 Å². The number of hydrogen-bond acceptors (Lipinski definition) is 3. The van der Waals surface area contributed by atoms with Crippen molar-refractivity contribution in [1.29, 1.82) is 0 Å². The smallest absolute Gasteiger partial charge is 0.152 e. The zero-order chi connectivity index (χ0) is 13.3. The minimum absolute atomic E-state index is 0.113. The van der Waals surface area contributed by atoms with Crippen LogP contribution < -0.4 is 5.32 Å². The lowest BCUT2D eigenvalue weighted by molar-refractivity contribution is -0.0976. The third-order valence-electron chi connectivity index (χ3n) is 3.68. The molecule has 100 valence electrons. The standard InChI is InChI=1S/C13H18BrClN2O/c1-4-18-11-6-10(13(11,2)3)17-9-5-8(14)7-16-12(9)15/h5,7,10-11,17H,4,6H2,1-3H3. The summed E-state index contributed by atoms with van der Waals surface area (Å²) in [5.74, 6) is 0. The first-order chi connectivity index (χ1) is 8.45. The van der Waals surface area contributed by atoms with Crippen molar-refractivity contribution >= 4 is 33.2 Å². The Morgan fingerprint density at radius 2 is 2.33 bits per heavy atom. The summed E-state index contributed by atoms with van der Waals surface area (Å²) in [5.41, 5.74) is 0.987. The zero-order valence-corrected chi connectivity index (χ0v) is 13.2. The number of hydrogen-bond donors (Lipinski definition) is 1. The van der Waals surface area contributed by atoms with E-state index in [1.807, 2.05) is 13.0 Å². The first kappa shape index (κ1) is 14.1. The maximum atomic E-state index is 6.09. The number of nitrogens with zero attached hydrogens (tertiary/aromatic N) is 1. The van der Waals surface area contributed by atoms with Crippen molar-refractivity contribution in [2.75, 3.05) is 11.9 Å². The molecule has 0 amide bonds. The van der Waals surface area contributed by atoms with E-state index in [1.54, 1.807) is 6.20 Å². The number of halogens is 2. The van der Waals surface area contributed by atoms with Gasteiger partial charge in [0, 0.05) is 28.7 Å². The van der Waals surface area contributed by atoms with Crippen LogP contribution in [0.2, 0.25) is 5.15 Å². The van der Waals surface area contributed by atoms with Gasteiger partial charge in [-0.1, -0.05) is 25.4 Å². The second-order valence-corrected chi connectivity index (χ2v) is 6.46. The Labute approximate surface area is 121 Å². The Hall–Kier alpha value is -0.320. The summed E-state index contributed by atoms with van der Waals surface area (Å²) in [5, 5.41) is 3.97. The van der Waals surface area contributed by atoms with Gasteiger partial charge in [-0.2, -0.15) is 0 Å². The van der Waals surface area contributed by atoms with Gasteiger partial charge in [0.15, 0.2) is 5.15 Å². The van der Waals surface area contributed by atoms with E-state index in [2.05, 4.69) is 40.1 Å². The van der Waals surface area contributed by atoms with Gasteiger partial charge in [0.2, 0.25) is 0 Å². The lowest BCUT2D eigenvalue weighted by Gasteiger charge is -2.52. The van der Waals surface area contributed by atoms with E-state index in [1.165, 1.54) is 0 Å². The maximum Gasteiger partial charge on any atom is 0.152 e. The van der Waals surface area contributed by atoms with Gasteiger partial charge in [-0.05, 0) is 35.3 Å². The molecule has 0 spiro atoms. The van der Waals surface area contributed by atoms with Gasteiger partial charge in [0.05, 0.1) is 11.8 Å². The molecular weight excluding hydrogens is 316 g/mol. The molecule has 18 heavy (non-hydrogen) atoms. The molecule has 1 aromatic rings. The number of pyridine rings is 1. The molecule has 2 unspecified atom stereocenters. The van der Waals surface area contributed by atoms with E-state index in [9.17, 15) is 0 Å². The Morgan fingerprint density at radius 3 is 2.94 bits per heavy atom. The number of rotatable bonds is 4. The van der Waals surface area contributed by atoms with E-state index in [-0.39, 0.29) is 5.41 Å². The SMILES string of the molecule is CCOC1CC(Nc2cc(Br)cnc2Cl)C1(C)C. The lowest BCUT2D eigenvalue weighted by Crippen LogP contribution is -2.58. The Balaban J connectivity index is 2.05. The zero-order valence-electron chi connectivity index (χ0n) is 10.8. The fourth-order valence-electron chi connectivity index (χ4n) is 2.33. The van der Waals surface area contributed by atoms with E-state index in [0.717, 1.165) is 23.2 Å². The van der Waals surface area contributed by atoms with Crippen molar-refractivity contribution in [1.82, 2.24) is 4.98 Å². The average Bonchev–Trinajstić information content (AvgIpc) is 2.32. The highest BCUT2D eigenvalue weighted by Crippen LogP contribution is 2.44. The molecule has 0 aromatic carbocycles. The van der Waals surface area contributed by atoms with Crippen molar-refractivity contribution in [2.24, 2.45) is 5.41 Å². The van der Waals surface area contributed by atoms with E-state index in [4.69, 9.17) is 16.3 Å². The first-order valence-electron chi connectivity index (χ1n) is 6.14. The van der Waals surface area contributed by atoms with Gasteiger partial charge in [-0.25, -0.2) is 4.98 Å². The molecule has 3 nitrogen and oxygen atoms in total. The summed E-state index contributed by atoms with van der Waals surface area (Å²) in [6.45, 7) is 7.23. The third-order valence-corrected chi connectivity index (χ3v) is 4.42. The Kier molecular flexibility index (Phi) is 4.19. The number of anilines is 1. The summed E-state index contributed by atoms with van der Waals surface area (Å²) < 4.78 is 6.64. The molecule has 5 heteroatoms. The Bertz CT molecular complexity index is 439. The largest absolute Gasteiger partial charge is 0.379 e. The summed E-state index contributed by atoms with van der Waals surface area (Å²) in [6, 6.07) is 2.32. The molecule has 0 saturated heterocycles. The minimum Gasteiger partial charge on any atom is -0.379 e. The molecule has 0 bridgehead atoms. The maximum absolute atomic E-state index is 6.09. The predicted molar refractivity (Wildman–Crippen MR) is 78.2 cm³/mol. The van der Waals surface area contributed by atoms with Gasteiger partial charge in [-0.3, -0.25) is 0 Å². The minimum atomic E-state index is 0.113. The molecule has 1 aliphatic rings. The summed E-state index contributed by atoms with van der Waals surface area (Å²) >= 11 is 9.49. The van der Waals surface area contributed by atoms with Crippen LogP contribution in [0.1, 0.15) is 27.2 Å². The van der Waals surface area contributed by atoms with Crippen LogP contribution in [0, 0.1) is 5.41 Å². The van der Waals surface area contributed by atoms with Crippen LogP contribution in [0.3, 0.4) is 0 Å². The van der Waals surface area contributed by atoms with Crippen molar-refractivity contribution in [3.05, 3.63) is 21.9 Å². The van der Waals surface area contributed by atoms with Crippen LogP contribution in [0.4, 0.5) is 5.69 Å². The number of aromatic nitrogens is 1. The lowest BCUT2D eigenvalue weighted by atomic mass is 9.64. The topological polar surface area (TPSA) is 34.1 Å². The van der Waals surface area contributed by atoms with Crippen molar-refractivity contribution in [3.63, 3.8) is 0 Å². The van der Waals surface area contributed by atoms with Crippen LogP contribution in [-0.2, 0) is 4.74 Å². The molecule has 1 fully saturated rings. The molecule has 1 aliphatic carbocycles. The first-order valence-corrected chi connectivity index (χ1v) is 7.31. The molecule has 2 atom stereocenters. The van der Waals surface area contributed by atoms with E-state index >= 15 is 0 Å². The average molecular weight is 334 g/mol. The highest BCUT2D eigenvalue weighted by molar-refractivity contribution is 9.10. The third kappa shape index (κ3) is 2.65. The van der Waals surface area contributed by atoms with Crippen LogP contribution in [-0.4, -0.2) is 23.7 Å². The summed E-state index contributed by atoms with van der Waals surface area (Å²) in [6.07, 6.45) is 3.02. The van der Waals surface area contributed by atoms with Crippen molar-refractivity contribution < 1.29 is 4.74 Å². The molecule has 1 aromatic heterocycles. The van der Waals surface area contributed by atoms with Gasteiger partial charge < -0.3 is 10.1 Å². The monoisotopic (exact) mass is 332 g/mol. The summed E-state index contributed by atoms with van der Waals surface area (Å²) in [7, 11) is 0. The van der Waals surface area contributed by atoms with Gasteiger partial charge >= 0.3 is 0 Å². The van der Waals surface area contributed by atoms with Crippen LogP contribution in [0.25, 0.3) is 0 Å². The second-order valence-electron chi connectivity index (χ2n) is 5.19. The highest BCUT2D eigenvalue weighted by atomic mass is 79.9. The molecule has 1 saturated carbocycles. The fourth-order valence-corrected chi connectivity index (χ4v) is 2.82. The van der Waals surface area contributed by atoms with Gasteiger partial charge in [-0.15, -0.1) is 0 Å². The van der Waals surface area contributed by atoms with E-state index < -0.39 is 0 Å². The normalized spacial score (nSPS) is 25.6.